The Morgan fingerprint density at radius 2 is 1.88 bits per heavy atom. The highest BCUT2D eigenvalue weighted by Gasteiger charge is 2.24. The Kier molecular flexibility index (Phi) is 6.14. The van der Waals surface area contributed by atoms with Crippen molar-refractivity contribution in [1.82, 2.24) is 9.80 Å². The van der Waals surface area contributed by atoms with E-state index >= 15 is 0 Å². The van der Waals surface area contributed by atoms with E-state index in [2.05, 4.69) is 18.7 Å². The van der Waals surface area contributed by atoms with Gasteiger partial charge in [0, 0.05) is 31.4 Å². The summed E-state index contributed by atoms with van der Waals surface area (Å²) in [5.41, 5.74) is 0. The van der Waals surface area contributed by atoms with Crippen LogP contribution in [0.5, 0.6) is 0 Å². The standard InChI is InChI=1S/C12H23ClN2O/c1-3-14(4-2)11-6-9-15(10-7-11)12(16)5-8-13/h11H,3-10H2,1-2H3. The maximum absolute atomic E-state index is 11.6. The van der Waals surface area contributed by atoms with E-state index in [1.54, 1.807) is 0 Å². The Labute approximate surface area is 104 Å². The Morgan fingerprint density at radius 1 is 1.31 bits per heavy atom. The van der Waals surface area contributed by atoms with Gasteiger partial charge in [-0.15, -0.1) is 11.6 Å². The van der Waals surface area contributed by atoms with Crippen molar-refractivity contribution in [3.8, 4) is 0 Å². The van der Waals surface area contributed by atoms with Crippen molar-refractivity contribution in [2.75, 3.05) is 32.1 Å². The highest BCUT2D eigenvalue weighted by molar-refractivity contribution is 6.18. The molecule has 0 aliphatic carbocycles. The normalized spacial score (nSPS) is 18.1. The predicted octanol–water partition coefficient (Wildman–Crippen LogP) is 1.95. The van der Waals surface area contributed by atoms with Crippen LogP contribution in [0, 0.1) is 0 Å². The lowest BCUT2D eigenvalue weighted by Crippen LogP contribution is -2.46. The van der Waals surface area contributed by atoms with Crippen LogP contribution in [0.15, 0.2) is 0 Å². The zero-order chi connectivity index (χ0) is 12.0. The Bertz CT molecular complexity index is 211. The van der Waals surface area contributed by atoms with Crippen LogP contribution in [0.4, 0.5) is 0 Å². The molecule has 94 valence electrons. The lowest BCUT2D eigenvalue weighted by molar-refractivity contribution is -0.132. The monoisotopic (exact) mass is 246 g/mol. The number of alkyl halides is 1. The van der Waals surface area contributed by atoms with Gasteiger partial charge in [0.05, 0.1) is 0 Å². The molecule has 1 rings (SSSR count). The van der Waals surface area contributed by atoms with Gasteiger partial charge in [-0.2, -0.15) is 0 Å². The molecule has 0 saturated carbocycles. The summed E-state index contributed by atoms with van der Waals surface area (Å²) in [5.74, 6) is 0.655. The number of rotatable bonds is 5. The quantitative estimate of drug-likeness (QED) is 0.693. The van der Waals surface area contributed by atoms with E-state index < -0.39 is 0 Å². The fraction of sp³-hybridized carbons (Fsp3) is 0.917. The predicted molar refractivity (Wildman–Crippen MR) is 67.9 cm³/mol. The van der Waals surface area contributed by atoms with Crippen molar-refractivity contribution in [3.05, 3.63) is 0 Å². The summed E-state index contributed by atoms with van der Waals surface area (Å²) >= 11 is 5.58. The third-order valence-electron chi connectivity index (χ3n) is 3.45. The molecule has 0 N–H and O–H groups in total. The van der Waals surface area contributed by atoms with Gasteiger partial charge in [0.15, 0.2) is 0 Å². The molecule has 1 fully saturated rings. The molecule has 1 heterocycles. The summed E-state index contributed by atoms with van der Waals surface area (Å²) in [6.07, 6.45) is 2.70. The second-order valence-corrected chi connectivity index (χ2v) is 4.65. The van der Waals surface area contributed by atoms with Crippen molar-refractivity contribution < 1.29 is 4.79 Å². The van der Waals surface area contributed by atoms with Crippen LogP contribution in [-0.2, 0) is 4.79 Å². The van der Waals surface area contributed by atoms with Gasteiger partial charge >= 0.3 is 0 Å². The lowest BCUT2D eigenvalue weighted by Gasteiger charge is -2.37. The average molecular weight is 247 g/mol. The summed E-state index contributed by atoms with van der Waals surface area (Å²) < 4.78 is 0. The van der Waals surface area contributed by atoms with Crippen LogP contribution in [0.25, 0.3) is 0 Å². The van der Waals surface area contributed by atoms with E-state index in [1.807, 2.05) is 4.90 Å². The molecule has 0 unspecified atom stereocenters. The molecule has 1 amide bonds. The number of nitrogens with zero attached hydrogens (tertiary/aromatic N) is 2. The van der Waals surface area contributed by atoms with E-state index in [9.17, 15) is 4.79 Å². The molecule has 0 atom stereocenters. The summed E-state index contributed by atoms with van der Waals surface area (Å²) in [7, 11) is 0. The lowest BCUT2D eigenvalue weighted by atomic mass is 10.0. The molecular formula is C12H23ClN2O. The van der Waals surface area contributed by atoms with E-state index in [0.29, 0.717) is 18.3 Å². The first kappa shape index (κ1) is 13.8. The van der Waals surface area contributed by atoms with E-state index in [1.165, 1.54) is 0 Å². The SMILES string of the molecule is CCN(CC)C1CCN(C(=O)CCCl)CC1. The Morgan fingerprint density at radius 3 is 2.31 bits per heavy atom. The molecule has 4 heteroatoms. The van der Waals surface area contributed by atoms with Gasteiger partial charge in [0.1, 0.15) is 0 Å². The second-order valence-electron chi connectivity index (χ2n) is 4.27. The molecule has 0 aromatic heterocycles. The molecule has 16 heavy (non-hydrogen) atoms. The maximum atomic E-state index is 11.6. The number of amides is 1. The molecule has 3 nitrogen and oxygen atoms in total. The van der Waals surface area contributed by atoms with E-state index in [0.717, 1.165) is 39.0 Å². The highest BCUT2D eigenvalue weighted by atomic mass is 35.5. The van der Waals surface area contributed by atoms with Crippen molar-refractivity contribution >= 4 is 17.5 Å². The third kappa shape index (κ3) is 3.63. The number of piperidine rings is 1. The molecule has 0 aromatic rings. The van der Waals surface area contributed by atoms with Gasteiger partial charge in [0.25, 0.3) is 0 Å². The van der Waals surface area contributed by atoms with Crippen LogP contribution >= 0.6 is 11.6 Å². The number of hydrogen-bond acceptors (Lipinski definition) is 2. The number of likely N-dealkylation sites (tertiary alicyclic amines) is 1. The molecule has 0 spiro atoms. The van der Waals surface area contributed by atoms with Gasteiger partial charge in [-0.3, -0.25) is 4.79 Å². The first-order valence-corrected chi connectivity index (χ1v) is 6.84. The summed E-state index contributed by atoms with van der Waals surface area (Å²) in [6, 6.07) is 0.662. The van der Waals surface area contributed by atoms with E-state index in [-0.39, 0.29) is 5.91 Å². The topological polar surface area (TPSA) is 23.6 Å². The Balaban J connectivity index is 2.35. The molecule has 1 aliphatic rings. The number of halogens is 1. The van der Waals surface area contributed by atoms with Crippen LogP contribution in [0.3, 0.4) is 0 Å². The van der Waals surface area contributed by atoms with Crippen LogP contribution < -0.4 is 0 Å². The van der Waals surface area contributed by atoms with Gasteiger partial charge in [0.2, 0.25) is 5.91 Å². The van der Waals surface area contributed by atoms with Crippen molar-refractivity contribution in [2.24, 2.45) is 0 Å². The van der Waals surface area contributed by atoms with Gasteiger partial charge in [-0.1, -0.05) is 13.8 Å². The first-order chi connectivity index (χ1) is 7.72. The van der Waals surface area contributed by atoms with Gasteiger partial charge < -0.3 is 9.80 Å². The molecular weight excluding hydrogens is 224 g/mol. The zero-order valence-corrected chi connectivity index (χ0v) is 11.2. The molecule has 1 saturated heterocycles. The van der Waals surface area contributed by atoms with Gasteiger partial charge in [-0.05, 0) is 25.9 Å². The second kappa shape index (κ2) is 7.13. The van der Waals surface area contributed by atoms with Crippen molar-refractivity contribution in [3.63, 3.8) is 0 Å². The summed E-state index contributed by atoms with van der Waals surface area (Å²) in [4.78, 5) is 16.1. The van der Waals surface area contributed by atoms with Crippen molar-refractivity contribution in [2.45, 2.75) is 39.2 Å². The minimum Gasteiger partial charge on any atom is -0.343 e. The Hall–Kier alpha value is -0.280. The summed E-state index contributed by atoms with van der Waals surface area (Å²) in [5, 5.41) is 0. The minimum absolute atomic E-state index is 0.216. The van der Waals surface area contributed by atoms with E-state index in [4.69, 9.17) is 11.6 Å². The molecule has 0 aromatic carbocycles. The maximum Gasteiger partial charge on any atom is 0.223 e. The minimum atomic E-state index is 0.216. The largest absolute Gasteiger partial charge is 0.343 e. The number of carbonyl (C=O) groups is 1. The fourth-order valence-corrected chi connectivity index (χ4v) is 2.62. The first-order valence-electron chi connectivity index (χ1n) is 6.30. The van der Waals surface area contributed by atoms with Crippen molar-refractivity contribution in [1.29, 1.82) is 0 Å². The highest BCUT2D eigenvalue weighted by Crippen LogP contribution is 2.16. The third-order valence-corrected chi connectivity index (χ3v) is 3.64. The fourth-order valence-electron chi connectivity index (χ4n) is 2.46. The molecule has 0 radical (unpaired) electrons. The zero-order valence-electron chi connectivity index (χ0n) is 10.4. The number of carbonyl (C=O) groups excluding carboxylic acids is 1. The average Bonchev–Trinajstić information content (AvgIpc) is 2.32. The summed E-state index contributed by atoms with van der Waals surface area (Å²) in [6.45, 7) is 8.42. The van der Waals surface area contributed by atoms with Crippen LogP contribution in [0.1, 0.15) is 33.1 Å². The van der Waals surface area contributed by atoms with Gasteiger partial charge in [-0.25, -0.2) is 0 Å². The number of hydrogen-bond donors (Lipinski definition) is 0. The smallest absolute Gasteiger partial charge is 0.223 e. The van der Waals surface area contributed by atoms with Crippen LogP contribution in [0.2, 0.25) is 0 Å². The molecule has 1 aliphatic heterocycles. The van der Waals surface area contributed by atoms with Crippen LogP contribution in [-0.4, -0.2) is 53.8 Å². The molecule has 0 bridgehead atoms.